The molecular weight excluding hydrogens is 254 g/mol. The van der Waals surface area contributed by atoms with Gasteiger partial charge in [-0.25, -0.2) is 4.98 Å². The molecule has 0 amide bonds. The molecule has 0 radical (unpaired) electrons. The van der Waals surface area contributed by atoms with E-state index in [1.807, 2.05) is 35.0 Å². The molecule has 0 bridgehead atoms. The Morgan fingerprint density at radius 1 is 1.35 bits per heavy atom. The third-order valence-corrected chi connectivity index (χ3v) is 3.29. The second-order valence-corrected chi connectivity index (χ2v) is 4.74. The molecule has 1 unspecified atom stereocenters. The highest BCUT2D eigenvalue weighted by atomic mass is 16.4. The van der Waals surface area contributed by atoms with Crippen LogP contribution in [-0.4, -0.2) is 25.8 Å². The van der Waals surface area contributed by atoms with Gasteiger partial charge in [0.05, 0.1) is 5.92 Å². The molecule has 5 heteroatoms. The summed E-state index contributed by atoms with van der Waals surface area (Å²) in [6.45, 7) is 2.90. The molecule has 5 nitrogen and oxygen atoms in total. The number of aliphatic carboxylic acids is 1. The van der Waals surface area contributed by atoms with Crippen LogP contribution in [0.4, 0.5) is 0 Å². The number of aryl methyl sites for hydroxylation is 2. The number of rotatable bonds is 7. The molecule has 1 N–H and O–H groups in total. The minimum absolute atomic E-state index is 0.497. The Morgan fingerprint density at radius 2 is 2.10 bits per heavy atom. The lowest BCUT2D eigenvalue weighted by Crippen LogP contribution is -2.14. The van der Waals surface area contributed by atoms with Crippen LogP contribution in [0, 0.1) is 0 Å². The Balaban J connectivity index is 2.06. The van der Waals surface area contributed by atoms with Crippen molar-refractivity contribution in [1.82, 2.24) is 14.8 Å². The molecule has 0 aliphatic heterocycles. The molecule has 0 fully saturated rings. The van der Waals surface area contributed by atoms with E-state index in [2.05, 4.69) is 17.0 Å². The first-order valence-electron chi connectivity index (χ1n) is 6.86. The van der Waals surface area contributed by atoms with Crippen molar-refractivity contribution in [2.75, 3.05) is 0 Å². The van der Waals surface area contributed by atoms with Crippen molar-refractivity contribution in [3.05, 3.63) is 48.0 Å². The van der Waals surface area contributed by atoms with Crippen molar-refractivity contribution in [3.63, 3.8) is 0 Å². The largest absolute Gasteiger partial charge is 0.481 e. The van der Waals surface area contributed by atoms with Gasteiger partial charge in [0.25, 0.3) is 0 Å². The number of aromatic nitrogens is 3. The molecule has 0 spiro atoms. The molecule has 2 aromatic rings. The van der Waals surface area contributed by atoms with Gasteiger partial charge in [-0.3, -0.25) is 9.48 Å². The summed E-state index contributed by atoms with van der Waals surface area (Å²) in [5.41, 5.74) is 0.835. The molecule has 1 heterocycles. The second kappa shape index (κ2) is 6.84. The van der Waals surface area contributed by atoms with Crippen molar-refractivity contribution in [2.24, 2.45) is 0 Å². The maximum Gasteiger partial charge on any atom is 0.310 e. The van der Waals surface area contributed by atoms with Gasteiger partial charge >= 0.3 is 5.97 Å². The summed E-state index contributed by atoms with van der Waals surface area (Å²) in [5, 5.41) is 13.5. The van der Waals surface area contributed by atoms with E-state index in [1.54, 1.807) is 0 Å². The summed E-state index contributed by atoms with van der Waals surface area (Å²) in [6, 6.07) is 9.33. The third-order valence-electron chi connectivity index (χ3n) is 3.29. The van der Waals surface area contributed by atoms with Gasteiger partial charge in [0.1, 0.15) is 12.2 Å². The fourth-order valence-corrected chi connectivity index (χ4v) is 2.27. The predicted octanol–water partition coefficient (Wildman–Crippen LogP) is 2.49. The molecule has 2 rings (SSSR count). The van der Waals surface area contributed by atoms with E-state index in [1.165, 1.54) is 6.33 Å². The minimum atomic E-state index is -0.794. The topological polar surface area (TPSA) is 68.0 Å². The van der Waals surface area contributed by atoms with E-state index in [-0.39, 0.29) is 0 Å². The van der Waals surface area contributed by atoms with E-state index in [0.29, 0.717) is 12.8 Å². The van der Waals surface area contributed by atoms with E-state index >= 15 is 0 Å². The first kappa shape index (κ1) is 14.2. The van der Waals surface area contributed by atoms with Gasteiger partial charge in [-0.1, -0.05) is 37.3 Å². The normalized spacial score (nSPS) is 12.2. The molecule has 106 valence electrons. The minimum Gasteiger partial charge on any atom is -0.481 e. The zero-order chi connectivity index (χ0) is 14.4. The standard InChI is InChI=1S/C15H19N3O2/c1-2-10-18-14(16-11-17-18)9-8-13(15(19)20)12-6-4-3-5-7-12/h3-7,11,13H,2,8-10H2,1H3,(H,19,20). The van der Waals surface area contributed by atoms with Crippen molar-refractivity contribution >= 4 is 5.97 Å². The van der Waals surface area contributed by atoms with Crippen molar-refractivity contribution in [1.29, 1.82) is 0 Å². The lowest BCUT2D eigenvalue weighted by atomic mass is 9.94. The smallest absolute Gasteiger partial charge is 0.310 e. The number of benzene rings is 1. The average molecular weight is 273 g/mol. The van der Waals surface area contributed by atoms with Crippen LogP contribution in [0.3, 0.4) is 0 Å². The zero-order valence-corrected chi connectivity index (χ0v) is 11.6. The third kappa shape index (κ3) is 3.44. The van der Waals surface area contributed by atoms with Crippen LogP contribution in [0.5, 0.6) is 0 Å². The molecule has 0 aliphatic carbocycles. The average Bonchev–Trinajstić information content (AvgIpc) is 2.88. The Bertz CT molecular complexity index is 551. The van der Waals surface area contributed by atoms with Crippen LogP contribution in [0.1, 0.15) is 37.1 Å². The van der Waals surface area contributed by atoms with Crippen LogP contribution >= 0.6 is 0 Å². The van der Waals surface area contributed by atoms with Crippen LogP contribution < -0.4 is 0 Å². The molecule has 1 atom stereocenters. The van der Waals surface area contributed by atoms with Crippen LogP contribution in [-0.2, 0) is 17.8 Å². The first-order valence-corrected chi connectivity index (χ1v) is 6.86. The van der Waals surface area contributed by atoms with E-state index < -0.39 is 11.9 Å². The van der Waals surface area contributed by atoms with Crippen molar-refractivity contribution in [3.8, 4) is 0 Å². The fourth-order valence-electron chi connectivity index (χ4n) is 2.27. The molecule has 0 saturated heterocycles. The van der Waals surface area contributed by atoms with Crippen molar-refractivity contribution in [2.45, 2.75) is 38.6 Å². The summed E-state index contributed by atoms with van der Waals surface area (Å²) in [4.78, 5) is 15.6. The molecule has 0 saturated carbocycles. The Morgan fingerprint density at radius 3 is 2.75 bits per heavy atom. The fraction of sp³-hybridized carbons (Fsp3) is 0.400. The van der Waals surface area contributed by atoms with Gasteiger partial charge in [0.15, 0.2) is 0 Å². The highest BCUT2D eigenvalue weighted by molar-refractivity contribution is 5.76. The summed E-state index contributed by atoms with van der Waals surface area (Å²) in [6.07, 6.45) is 3.66. The number of carboxylic acids is 1. The highest BCUT2D eigenvalue weighted by Crippen LogP contribution is 2.21. The van der Waals surface area contributed by atoms with Gasteiger partial charge < -0.3 is 5.11 Å². The Hall–Kier alpha value is -2.17. The second-order valence-electron chi connectivity index (χ2n) is 4.74. The number of carboxylic acid groups (broad SMARTS) is 1. The SMILES string of the molecule is CCCn1ncnc1CCC(C(=O)O)c1ccccc1. The summed E-state index contributed by atoms with van der Waals surface area (Å²) in [5.74, 6) is -0.435. The number of nitrogens with zero attached hydrogens (tertiary/aromatic N) is 3. The molecular formula is C15H19N3O2. The highest BCUT2D eigenvalue weighted by Gasteiger charge is 2.20. The lowest BCUT2D eigenvalue weighted by Gasteiger charge is -2.12. The predicted molar refractivity (Wildman–Crippen MR) is 75.5 cm³/mol. The lowest BCUT2D eigenvalue weighted by molar-refractivity contribution is -0.139. The molecule has 0 aliphatic rings. The summed E-state index contributed by atoms with van der Waals surface area (Å²) in [7, 11) is 0. The van der Waals surface area contributed by atoms with Crippen LogP contribution in [0.15, 0.2) is 36.7 Å². The van der Waals surface area contributed by atoms with E-state index in [4.69, 9.17) is 0 Å². The maximum absolute atomic E-state index is 11.4. The van der Waals surface area contributed by atoms with Gasteiger partial charge in [-0.15, -0.1) is 0 Å². The van der Waals surface area contributed by atoms with Gasteiger partial charge in [-0.2, -0.15) is 5.10 Å². The van der Waals surface area contributed by atoms with Crippen LogP contribution in [0.2, 0.25) is 0 Å². The van der Waals surface area contributed by atoms with E-state index in [9.17, 15) is 9.90 Å². The van der Waals surface area contributed by atoms with E-state index in [0.717, 1.165) is 24.4 Å². The van der Waals surface area contributed by atoms with Crippen molar-refractivity contribution < 1.29 is 9.90 Å². The molecule has 20 heavy (non-hydrogen) atoms. The number of carbonyl (C=O) groups is 1. The molecule has 1 aromatic carbocycles. The Labute approximate surface area is 118 Å². The first-order chi connectivity index (χ1) is 9.72. The summed E-state index contributed by atoms with van der Waals surface area (Å²) >= 11 is 0. The van der Waals surface area contributed by atoms with Gasteiger partial charge in [0.2, 0.25) is 0 Å². The molecule has 1 aromatic heterocycles. The quantitative estimate of drug-likeness (QED) is 0.841. The number of hydrogen-bond acceptors (Lipinski definition) is 3. The monoisotopic (exact) mass is 273 g/mol. The number of hydrogen-bond donors (Lipinski definition) is 1. The Kier molecular flexibility index (Phi) is 4.87. The maximum atomic E-state index is 11.4. The van der Waals surface area contributed by atoms with Crippen LogP contribution in [0.25, 0.3) is 0 Å². The van der Waals surface area contributed by atoms with Gasteiger partial charge in [-0.05, 0) is 18.4 Å². The zero-order valence-electron chi connectivity index (χ0n) is 11.6. The summed E-state index contributed by atoms with van der Waals surface area (Å²) < 4.78 is 1.85. The van der Waals surface area contributed by atoms with Gasteiger partial charge in [0, 0.05) is 13.0 Å².